The first kappa shape index (κ1) is 21.5. The minimum Gasteiger partial charge on any atom is -0.350 e. The highest BCUT2D eigenvalue weighted by Gasteiger charge is 2.32. The van der Waals surface area contributed by atoms with Crippen LogP contribution in [0.15, 0.2) is 42.5 Å². The van der Waals surface area contributed by atoms with Crippen LogP contribution < -0.4 is 9.62 Å². The highest BCUT2D eigenvalue weighted by atomic mass is 35.5. The Hall–Kier alpha value is -1.76. The summed E-state index contributed by atoms with van der Waals surface area (Å²) >= 11 is 11.9. The first-order valence-electron chi connectivity index (χ1n) is 8.41. The number of halogens is 2. The van der Waals surface area contributed by atoms with Gasteiger partial charge in [0, 0.05) is 16.6 Å². The van der Waals surface area contributed by atoms with Crippen LogP contribution in [0, 0.1) is 6.92 Å². The molecule has 146 valence electrons. The molecule has 0 aromatic heterocycles. The SMILES string of the molecule is CC[C@@H](C(=O)NCc1ccc(Cl)cc1)N(c1cc(Cl)ccc1C)S(C)(=O)=O. The highest BCUT2D eigenvalue weighted by molar-refractivity contribution is 7.92. The van der Waals surface area contributed by atoms with Gasteiger partial charge in [-0.05, 0) is 48.7 Å². The lowest BCUT2D eigenvalue weighted by Crippen LogP contribution is -2.49. The van der Waals surface area contributed by atoms with Gasteiger partial charge in [-0.1, -0.05) is 48.3 Å². The van der Waals surface area contributed by atoms with Gasteiger partial charge in [0.1, 0.15) is 6.04 Å². The van der Waals surface area contributed by atoms with E-state index >= 15 is 0 Å². The smallest absolute Gasteiger partial charge is 0.244 e. The van der Waals surface area contributed by atoms with Crippen LogP contribution in [0.1, 0.15) is 24.5 Å². The van der Waals surface area contributed by atoms with E-state index in [9.17, 15) is 13.2 Å². The molecule has 0 saturated heterocycles. The Bertz CT molecular complexity index is 915. The van der Waals surface area contributed by atoms with E-state index in [2.05, 4.69) is 5.32 Å². The molecule has 27 heavy (non-hydrogen) atoms. The first-order valence-corrected chi connectivity index (χ1v) is 11.0. The van der Waals surface area contributed by atoms with E-state index < -0.39 is 16.1 Å². The number of benzene rings is 2. The molecule has 0 radical (unpaired) electrons. The van der Waals surface area contributed by atoms with Crippen LogP contribution in [0.3, 0.4) is 0 Å². The summed E-state index contributed by atoms with van der Waals surface area (Å²) in [5.41, 5.74) is 1.99. The van der Waals surface area contributed by atoms with Gasteiger partial charge in [0.25, 0.3) is 0 Å². The van der Waals surface area contributed by atoms with Gasteiger partial charge in [-0.3, -0.25) is 9.10 Å². The van der Waals surface area contributed by atoms with E-state index in [1.807, 2.05) is 0 Å². The average Bonchev–Trinajstić information content (AvgIpc) is 2.60. The molecule has 0 fully saturated rings. The van der Waals surface area contributed by atoms with Crippen molar-refractivity contribution in [2.75, 3.05) is 10.6 Å². The molecule has 0 bridgehead atoms. The average molecular weight is 429 g/mol. The van der Waals surface area contributed by atoms with E-state index in [-0.39, 0.29) is 12.5 Å². The standard InChI is InChI=1S/C19H22Cl2N2O3S/c1-4-17(19(24)22-12-14-6-9-15(20)10-7-14)23(27(3,25)26)18-11-16(21)8-5-13(18)2/h5-11,17H,4,12H2,1-3H3,(H,22,24)/t17-/m0/s1. The van der Waals surface area contributed by atoms with Gasteiger partial charge in [-0.15, -0.1) is 0 Å². The van der Waals surface area contributed by atoms with Crippen LogP contribution in [-0.2, 0) is 21.4 Å². The topological polar surface area (TPSA) is 66.5 Å². The molecular formula is C19H22Cl2N2O3S. The molecule has 1 N–H and O–H groups in total. The van der Waals surface area contributed by atoms with Crippen LogP contribution in [0.4, 0.5) is 5.69 Å². The number of amides is 1. The number of aryl methyl sites for hydroxylation is 1. The number of hydrogen-bond acceptors (Lipinski definition) is 3. The van der Waals surface area contributed by atoms with Gasteiger partial charge in [0.05, 0.1) is 11.9 Å². The second-order valence-corrected chi connectivity index (χ2v) is 8.99. The first-order chi connectivity index (χ1) is 12.6. The summed E-state index contributed by atoms with van der Waals surface area (Å²) in [6, 6.07) is 11.2. The van der Waals surface area contributed by atoms with Crippen molar-refractivity contribution in [1.29, 1.82) is 0 Å². The number of nitrogens with one attached hydrogen (secondary N) is 1. The Balaban J connectivity index is 2.30. The van der Waals surface area contributed by atoms with E-state index in [0.717, 1.165) is 16.1 Å². The van der Waals surface area contributed by atoms with Gasteiger partial charge in [-0.2, -0.15) is 0 Å². The van der Waals surface area contributed by atoms with E-state index in [1.54, 1.807) is 56.3 Å². The lowest BCUT2D eigenvalue weighted by molar-refractivity contribution is -0.122. The number of rotatable bonds is 7. The quantitative estimate of drug-likeness (QED) is 0.719. The molecule has 0 unspecified atom stereocenters. The van der Waals surface area contributed by atoms with E-state index in [0.29, 0.717) is 27.7 Å². The van der Waals surface area contributed by atoms with Crippen LogP contribution in [0.5, 0.6) is 0 Å². The van der Waals surface area contributed by atoms with Crippen molar-refractivity contribution in [2.45, 2.75) is 32.9 Å². The molecule has 0 spiro atoms. The predicted octanol–water partition coefficient (Wildman–Crippen LogP) is 4.16. The van der Waals surface area contributed by atoms with E-state index in [1.165, 1.54) is 0 Å². The largest absolute Gasteiger partial charge is 0.350 e. The third kappa shape index (κ3) is 5.61. The van der Waals surface area contributed by atoms with Gasteiger partial charge >= 0.3 is 0 Å². The third-order valence-electron chi connectivity index (χ3n) is 4.12. The van der Waals surface area contributed by atoms with Crippen molar-refractivity contribution >= 4 is 44.8 Å². The van der Waals surface area contributed by atoms with Crippen LogP contribution in [0.25, 0.3) is 0 Å². The summed E-state index contributed by atoms with van der Waals surface area (Å²) in [7, 11) is -3.71. The molecule has 5 nitrogen and oxygen atoms in total. The van der Waals surface area contributed by atoms with E-state index in [4.69, 9.17) is 23.2 Å². The molecule has 0 saturated carbocycles. The lowest BCUT2D eigenvalue weighted by atomic mass is 10.1. The van der Waals surface area contributed by atoms with Crippen molar-refractivity contribution in [1.82, 2.24) is 5.32 Å². The molecule has 2 aromatic carbocycles. The van der Waals surface area contributed by atoms with Gasteiger partial charge in [-0.25, -0.2) is 8.42 Å². The van der Waals surface area contributed by atoms with Crippen molar-refractivity contribution in [3.8, 4) is 0 Å². The van der Waals surface area contributed by atoms with Crippen molar-refractivity contribution in [3.05, 3.63) is 63.6 Å². The fourth-order valence-corrected chi connectivity index (χ4v) is 4.32. The van der Waals surface area contributed by atoms with Gasteiger partial charge < -0.3 is 5.32 Å². The summed E-state index contributed by atoms with van der Waals surface area (Å²) in [6.07, 6.45) is 1.40. The second-order valence-electron chi connectivity index (χ2n) is 6.26. The molecular weight excluding hydrogens is 407 g/mol. The number of nitrogens with zero attached hydrogens (tertiary/aromatic N) is 1. The Morgan fingerprint density at radius 3 is 2.26 bits per heavy atom. The minimum atomic E-state index is -3.71. The maximum absolute atomic E-state index is 12.8. The predicted molar refractivity (Wildman–Crippen MR) is 111 cm³/mol. The van der Waals surface area contributed by atoms with Crippen molar-refractivity contribution in [3.63, 3.8) is 0 Å². The summed E-state index contributed by atoms with van der Waals surface area (Å²) < 4.78 is 26.1. The Kier molecular flexibility index (Phi) is 7.14. The summed E-state index contributed by atoms with van der Waals surface area (Å²) in [6.45, 7) is 3.82. The molecule has 0 aliphatic rings. The molecule has 0 heterocycles. The third-order valence-corrected chi connectivity index (χ3v) is 5.77. The minimum absolute atomic E-state index is 0.276. The van der Waals surface area contributed by atoms with Crippen LogP contribution in [0.2, 0.25) is 10.0 Å². The normalized spacial score (nSPS) is 12.5. The van der Waals surface area contributed by atoms with Crippen LogP contribution in [-0.4, -0.2) is 26.6 Å². The second kappa shape index (κ2) is 8.95. The van der Waals surface area contributed by atoms with Crippen molar-refractivity contribution < 1.29 is 13.2 Å². The Labute approximate surface area is 170 Å². The zero-order valence-corrected chi connectivity index (χ0v) is 17.7. The number of carbonyl (C=O) groups excluding carboxylic acids is 1. The maximum atomic E-state index is 12.8. The molecule has 1 atom stereocenters. The number of hydrogen-bond donors (Lipinski definition) is 1. The zero-order valence-electron chi connectivity index (χ0n) is 15.4. The molecule has 0 aliphatic heterocycles. The van der Waals surface area contributed by atoms with Crippen molar-refractivity contribution in [2.24, 2.45) is 0 Å². The Morgan fingerprint density at radius 2 is 1.70 bits per heavy atom. The summed E-state index contributed by atoms with van der Waals surface area (Å²) in [5, 5.41) is 3.82. The molecule has 2 rings (SSSR count). The van der Waals surface area contributed by atoms with Gasteiger partial charge in [0.15, 0.2) is 0 Å². The number of sulfonamides is 1. The lowest BCUT2D eigenvalue weighted by Gasteiger charge is -2.31. The molecule has 8 heteroatoms. The summed E-state index contributed by atoms with van der Waals surface area (Å²) in [5.74, 6) is -0.378. The maximum Gasteiger partial charge on any atom is 0.244 e. The fraction of sp³-hybridized carbons (Fsp3) is 0.316. The molecule has 0 aliphatic carbocycles. The van der Waals surface area contributed by atoms with Crippen LogP contribution >= 0.6 is 23.2 Å². The monoisotopic (exact) mass is 428 g/mol. The van der Waals surface area contributed by atoms with Gasteiger partial charge in [0.2, 0.25) is 15.9 Å². The number of anilines is 1. The zero-order chi connectivity index (χ0) is 20.2. The fourth-order valence-electron chi connectivity index (χ4n) is 2.76. The molecule has 1 amide bonds. The number of carbonyl (C=O) groups is 1. The highest BCUT2D eigenvalue weighted by Crippen LogP contribution is 2.29. The molecule has 2 aromatic rings. The summed E-state index contributed by atoms with van der Waals surface area (Å²) in [4.78, 5) is 12.8. The Morgan fingerprint density at radius 1 is 1.11 bits per heavy atom.